The number of nitrogens with one attached hydrogen (secondary N) is 2. The average molecular weight is 414 g/mol. The van der Waals surface area contributed by atoms with Gasteiger partial charge in [-0.2, -0.15) is 13.2 Å². The first-order valence-corrected chi connectivity index (χ1v) is 9.99. The summed E-state index contributed by atoms with van der Waals surface area (Å²) < 4.78 is 39.5. The van der Waals surface area contributed by atoms with Crippen molar-refractivity contribution in [2.45, 2.75) is 39.3 Å². The van der Waals surface area contributed by atoms with Crippen molar-refractivity contribution in [3.8, 4) is 0 Å². The highest BCUT2D eigenvalue weighted by Crippen LogP contribution is 2.36. The molecular formula is C20H29F3N4O2. The van der Waals surface area contributed by atoms with E-state index in [4.69, 9.17) is 0 Å². The highest BCUT2D eigenvalue weighted by molar-refractivity contribution is 5.96. The topological polar surface area (TPSA) is 64.7 Å². The van der Waals surface area contributed by atoms with Gasteiger partial charge in [-0.15, -0.1) is 0 Å². The molecule has 1 saturated heterocycles. The van der Waals surface area contributed by atoms with Crippen LogP contribution in [-0.4, -0.2) is 56.0 Å². The van der Waals surface area contributed by atoms with Crippen molar-refractivity contribution in [2.24, 2.45) is 0 Å². The smallest absolute Gasteiger partial charge is 0.370 e. The number of halogens is 3. The van der Waals surface area contributed by atoms with Crippen LogP contribution in [0.3, 0.4) is 0 Å². The zero-order chi connectivity index (χ0) is 21.4. The molecule has 1 aliphatic heterocycles. The molecule has 1 aliphatic rings. The fourth-order valence-electron chi connectivity index (χ4n) is 3.35. The second-order valence-electron chi connectivity index (χ2n) is 7.08. The third kappa shape index (κ3) is 6.92. The van der Waals surface area contributed by atoms with Gasteiger partial charge in [0.1, 0.15) is 0 Å². The van der Waals surface area contributed by atoms with E-state index < -0.39 is 17.6 Å². The Hall–Kier alpha value is -2.29. The van der Waals surface area contributed by atoms with Gasteiger partial charge in [0, 0.05) is 19.6 Å². The molecule has 0 saturated carbocycles. The number of likely N-dealkylation sites (N-methyl/N-ethyl adjacent to an activating group) is 2. The van der Waals surface area contributed by atoms with Gasteiger partial charge in [-0.3, -0.25) is 14.5 Å². The van der Waals surface area contributed by atoms with Crippen LogP contribution < -0.4 is 15.5 Å². The summed E-state index contributed by atoms with van der Waals surface area (Å²) >= 11 is 0. The summed E-state index contributed by atoms with van der Waals surface area (Å²) in [6.45, 7) is 6.03. The van der Waals surface area contributed by atoms with Crippen molar-refractivity contribution < 1.29 is 22.8 Å². The molecule has 162 valence electrons. The fourth-order valence-corrected chi connectivity index (χ4v) is 3.35. The molecular weight excluding hydrogens is 385 g/mol. The molecule has 0 aromatic heterocycles. The van der Waals surface area contributed by atoms with Crippen LogP contribution in [0.15, 0.2) is 18.2 Å². The number of nitrogens with zero attached hydrogens (tertiary/aromatic N) is 2. The average Bonchev–Trinajstić information content (AvgIpc) is 2.67. The molecule has 0 aliphatic carbocycles. The first-order chi connectivity index (χ1) is 13.7. The maximum absolute atomic E-state index is 13.2. The molecule has 2 rings (SSSR count). The summed E-state index contributed by atoms with van der Waals surface area (Å²) in [5, 5.41) is 5.30. The van der Waals surface area contributed by atoms with Crippen LogP contribution in [0, 0.1) is 0 Å². The molecule has 9 heteroatoms. The molecule has 6 nitrogen and oxygen atoms in total. The van der Waals surface area contributed by atoms with E-state index in [-0.39, 0.29) is 24.7 Å². The summed E-state index contributed by atoms with van der Waals surface area (Å²) in [5.74, 6) is -0.649. The van der Waals surface area contributed by atoms with Crippen LogP contribution in [0.4, 0.5) is 24.5 Å². The SMILES string of the molecule is CCNC(=O)CN(CC)CC(=O)Nc1cc(C(F)(F)F)ccc1N1CCCCC1. The second kappa shape index (κ2) is 10.5. The van der Waals surface area contributed by atoms with Gasteiger partial charge in [0.05, 0.1) is 30.0 Å². The minimum atomic E-state index is -4.49. The summed E-state index contributed by atoms with van der Waals surface area (Å²) in [5.41, 5.74) is -0.0538. The Morgan fingerprint density at radius 3 is 2.31 bits per heavy atom. The lowest BCUT2D eigenvalue weighted by Gasteiger charge is -2.31. The summed E-state index contributed by atoms with van der Waals surface area (Å²) in [4.78, 5) is 27.9. The van der Waals surface area contributed by atoms with Crippen molar-refractivity contribution in [2.75, 3.05) is 49.5 Å². The molecule has 29 heavy (non-hydrogen) atoms. The second-order valence-corrected chi connectivity index (χ2v) is 7.08. The van der Waals surface area contributed by atoms with Crippen molar-refractivity contribution in [1.29, 1.82) is 0 Å². The number of rotatable bonds is 8. The minimum Gasteiger partial charge on any atom is -0.370 e. The molecule has 0 radical (unpaired) electrons. The Bertz CT molecular complexity index is 703. The van der Waals surface area contributed by atoms with Gasteiger partial charge < -0.3 is 15.5 Å². The molecule has 2 N–H and O–H groups in total. The van der Waals surface area contributed by atoms with Crippen LogP contribution in [-0.2, 0) is 15.8 Å². The molecule has 0 atom stereocenters. The van der Waals surface area contributed by atoms with Gasteiger partial charge in [0.25, 0.3) is 0 Å². The fraction of sp³-hybridized carbons (Fsp3) is 0.600. The first-order valence-electron chi connectivity index (χ1n) is 9.99. The number of alkyl halides is 3. The van der Waals surface area contributed by atoms with Crippen LogP contribution >= 0.6 is 0 Å². The predicted molar refractivity (Wildman–Crippen MR) is 107 cm³/mol. The summed E-state index contributed by atoms with van der Waals surface area (Å²) in [7, 11) is 0. The van der Waals surface area contributed by atoms with E-state index >= 15 is 0 Å². The van der Waals surface area contributed by atoms with Crippen LogP contribution in [0.5, 0.6) is 0 Å². The predicted octanol–water partition coefficient (Wildman–Crippen LogP) is 3.09. The molecule has 2 amide bonds. The zero-order valence-electron chi connectivity index (χ0n) is 16.9. The largest absolute Gasteiger partial charge is 0.416 e. The lowest BCUT2D eigenvalue weighted by atomic mass is 10.1. The highest BCUT2D eigenvalue weighted by atomic mass is 19.4. The normalized spacial score (nSPS) is 14.8. The number of benzene rings is 1. The number of piperidine rings is 1. The third-order valence-corrected chi connectivity index (χ3v) is 4.85. The van der Waals surface area contributed by atoms with Crippen molar-refractivity contribution in [3.05, 3.63) is 23.8 Å². The van der Waals surface area contributed by atoms with Crippen molar-refractivity contribution >= 4 is 23.2 Å². The van der Waals surface area contributed by atoms with Gasteiger partial charge in [-0.25, -0.2) is 0 Å². The highest BCUT2D eigenvalue weighted by Gasteiger charge is 2.32. The maximum atomic E-state index is 13.2. The van der Waals surface area contributed by atoms with Crippen LogP contribution in [0.1, 0.15) is 38.7 Å². The number of hydrogen-bond donors (Lipinski definition) is 2. The Labute approximate surface area is 169 Å². The van der Waals surface area contributed by atoms with Gasteiger partial charge >= 0.3 is 6.18 Å². The van der Waals surface area contributed by atoms with Crippen LogP contribution in [0.2, 0.25) is 0 Å². The lowest BCUT2D eigenvalue weighted by molar-refractivity contribution is -0.137. The van der Waals surface area contributed by atoms with E-state index in [2.05, 4.69) is 10.6 Å². The lowest BCUT2D eigenvalue weighted by Crippen LogP contribution is -2.41. The van der Waals surface area contributed by atoms with Gasteiger partial charge in [-0.05, 0) is 50.9 Å². The van der Waals surface area contributed by atoms with E-state index in [1.807, 2.05) is 11.8 Å². The van der Waals surface area contributed by atoms with E-state index in [0.29, 0.717) is 18.8 Å². The standard InChI is InChI=1S/C20H29F3N4O2/c1-3-24-18(28)13-26(4-2)14-19(29)25-16-12-15(20(21,22)23)8-9-17(16)27-10-6-5-7-11-27/h8-9,12H,3-7,10-11,13-14H2,1-2H3,(H,24,28)(H,25,29). The van der Waals surface area contributed by atoms with E-state index in [1.54, 1.807) is 11.8 Å². The van der Waals surface area contributed by atoms with Gasteiger partial charge in [0.15, 0.2) is 0 Å². The monoisotopic (exact) mass is 414 g/mol. The molecule has 1 fully saturated rings. The zero-order valence-corrected chi connectivity index (χ0v) is 16.9. The molecule has 1 heterocycles. The van der Waals surface area contributed by atoms with Crippen molar-refractivity contribution in [3.63, 3.8) is 0 Å². The first kappa shape index (κ1) is 23.0. The molecule has 1 aromatic carbocycles. The summed E-state index contributed by atoms with van der Waals surface area (Å²) in [6.07, 6.45) is -1.48. The molecule has 0 spiro atoms. The van der Waals surface area contributed by atoms with E-state index in [1.165, 1.54) is 6.07 Å². The third-order valence-electron chi connectivity index (χ3n) is 4.85. The molecule has 0 unspecified atom stereocenters. The Morgan fingerprint density at radius 1 is 1.07 bits per heavy atom. The number of carbonyl (C=O) groups is 2. The Kier molecular flexibility index (Phi) is 8.31. The van der Waals surface area contributed by atoms with Gasteiger partial charge in [0.2, 0.25) is 11.8 Å². The number of anilines is 2. The van der Waals surface area contributed by atoms with Gasteiger partial charge in [-0.1, -0.05) is 6.92 Å². The number of amides is 2. The molecule has 0 bridgehead atoms. The Morgan fingerprint density at radius 2 is 1.72 bits per heavy atom. The maximum Gasteiger partial charge on any atom is 0.416 e. The molecule has 1 aromatic rings. The Balaban J connectivity index is 2.17. The van der Waals surface area contributed by atoms with Crippen LogP contribution in [0.25, 0.3) is 0 Å². The minimum absolute atomic E-state index is 0.0549. The number of hydrogen-bond acceptors (Lipinski definition) is 4. The quantitative estimate of drug-likeness (QED) is 0.686. The van der Waals surface area contributed by atoms with Crippen molar-refractivity contribution in [1.82, 2.24) is 10.2 Å². The van der Waals surface area contributed by atoms with E-state index in [9.17, 15) is 22.8 Å². The summed E-state index contributed by atoms with van der Waals surface area (Å²) in [6, 6.07) is 3.46. The van der Waals surface area contributed by atoms with E-state index in [0.717, 1.165) is 44.5 Å². The number of carbonyl (C=O) groups excluding carboxylic acids is 2.